The third kappa shape index (κ3) is 4.51. The molecule has 0 bridgehead atoms. The summed E-state index contributed by atoms with van der Waals surface area (Å²) in [6, 6.07) is 10.2. The number of carbonyl (C=O) groups is 1. The standard InChI is InChI=1S/C21H23N3O5S2/c1-23(2)31(26,27)16-7-8-18(24-9-3-4-10-24)17(13-16)21(25)28-14-15-12-19(29-22-15)20-6-5-11-30-20/h5-8,11-13H,3-4,9-10,14H2,1-2H3. The molecule has 0 saturated carbocycles. The monoisotopic (exact) mass is 461 g/mol. The van der Waals surface area contributed by atoms with E-state index in [2.05, 4.69) is 10.1 Å². The Kier molecular flexibility index (Phi) is 6.12. The average Bonchev–Trinajstić information content (AvgIpc) is 3.53. The minimum Gasteiger partial charge on any atom is -0.455 e. The number of esters is 1. The van der Waals surface area contributed by atoms with Crippen LogP contribution in [-0.4, -0.2) is 51.0 Å². The van der Waals surface area contributed by atoms with Gasteiger partial charge in [0.2, 0.25) is 10.0 Å². The first kappa shape index (κ1) is 21.5. The van der Waals surface area contributed by atoms with Crippen LogP contribution in [0.4, 0.5) is 5.69 Å². The summed E-state index contributed by atoms with van der Waals surface area (Å²) in [5.41, 5.74) is 1.39. The van der Waals surface area contributed by atoms with Gasteiger partial charge in [0.15, 0.2) is 5.76 Å². The fourth-order valence-electron chi connectivity index (χ4n) is 3.42. The second-order valence-corrected chi connectivity index (χ2v) is 10.5. The molecule has 0 atom stereocenters. The number of benzene rings is 1. The van der Waals surface area contributed by atoms with Gasteiger partial charge >= 0.3 is 5.97 Å². The molecule has 31 heavy (non-hydrogen) atoms. The van der Waals surface area contributed by atoms with E-state index < -0.39 is 16.0 Å². The molecule has 1 aliphatic rings. The van der Waals surface area contributed by atoms with Crippen LogP contribution in [0.2, 0.25) is 0 Å². The summed E-state index contributed by atoms with van der Waals surface area (Å²) in [4.78, 5) is 16.0. The molecule has 4 rings (SSSR count). The fourth-order valence-corrected chi connectivity index (χ4v) is 5.02. The third-order valence-corrected chi connectivity index (χ3v) is 7.78. The number of hydrogen-bond donors (Lipinski definition) is 0. The Morgan fingerprint density at radius 2 is 2.00 bits per heavy atom. The molecule has 0 radical (unpaired) electrons. The molecule has 1 fully saturated rings. The molecule has 3 heterocycles. The van der Waals surface area contributed by atoms with Crippen LogP contribution in [0.1, 0.15) is 28.9 Å². The van der Waals surface area contributed by atoms with Crippen LogP contribution in [0.5, 0.6) is 0 Å². The molecular weight excluding hydrogens is 438 g/mol. The van der Waals surface area contributed by atoms with E-state index in [1.54, 1.807) is 12.1 Å². The van der Waals surface area contributed by atoms with Gasteiger partial charge in [-0.25, -0.2) is 17.5 Å². The Morgan fingerprint density at radius 3 is 2.68 bits per heavy atom. The van der Waals surface area contributed by atoms with Crippen LogP contribution in [0, 0.1) is 0 Å². The van der Waals surface area contributed by atoms with Crippen LogP contribution in [0.25, 0.3) is 10.6 Å². The Bertz CT molecular complexity index is 1160. The summed E-state index contributed by atoms with van der Waals surface area (Å²) in [5.74, 6) is 0.0104. The Balaban J connectivity index is 1.58. The predicted octanol–water partition coefficient (Wildman–Crippen LogP) is 3.61. The zero-order chi connectivity index (χ0) is 22.0. The van der Waals surface area contributed by atoms with Crippen LogP contribution in [-0.2, 0) is 21.4 Å². The van der Waals surface area contributed by atoms with Crippen LogP contribution >= 0.6 is 11.3 Å². The highest BCUT2D eigenvalue weighted by Crippen LogP contribution is 2.29. The maximum Gasteiger partial charge on any atom is 0.340 e. The number of nitrogens with zero attached hydrogens (tertiary/aromatic N) is 3. The van der Waals surface area contributed by atoms with Crippen molar-refractivity contribution < 1.29 is 22.5 Å². The molecule has 8 nitrogen and oxygen atoms in total. The molecule has 0 amide bonds. The second kappa shape index (κ2) is 8.81. The van der Waals surface area contributed by atoms with Crippen molar-refractivity contribution in [1.29, 1.82) is 0 Å². The van der Waals surface area contributed by atoms with Gasteiger partial charge in [-0.05, 0) is 42.5 Å². The van der Waals surface area contributed by atoms with Crippen molar-refractivity contribution in [3.05, 3.63) is 53.0 Å². The molecule has 3 aromatic rings. The Hall–Kier alpha value is -2.69. The normalized spacial score (nSPS) is 14.4. The maximum absolute atomic E-state index is 13.0. The number of carbonyl (C=O) groups excluding carboxylic acids is 1. The number of aromatic nitrogens is 1. The topological polar surface area (TPSA) is 93.0 Å². The largest absolute Gasteiger partial charge is 0.455 e. The van der Waals surface area contributed by atoms with Crippen molar-refractivity contribution in [3.63, 3.8) is 0 Å². The minimum absolute atomic E-state index is 0.0498. The van der Waals surface area contributed by atoms with Gasteiger partial charge in [0, 0.05) is 33.3 Å². The van der Waals surface area contributed by atoms with Crippen molar-refractivity contribution in [3.8, 4) is 10.6 Å². The molecule has 1 saturated heterocycles. The Morgan fingerprint density at radius 1 is 1.23 bits per heavy atom. The summed E-state index contributed by atoms with van der Waals surface area (Å²) >= 11 is 1.52. The molecule has 0 unspecified atom stereocenters. The van der Waals surface area contributed by atoms with E-state index in [1.165, 1.54) is 37.6 Å². The molecular formula is C21H23N3O5S2. The molecule has 0 N–H and O–H groups in total. The minimum atomic E-state index is -3.68. The summed E-state index contributed by atoms with van der Waals surface area (Å²) in [6.07, 6.45) is 2.05. The van der Waals surface area contributed by atoms with E-state index in [-0.39, 0.29) is 17.1 Å². The number of anilines is 1. The van der Waals surface area contributed by atoms with E-state index in [0.717, 1.165) is 35.1 Å². The van der Waals surface area contributed by atoms with E-state index in [9.17, 15) is 13.2 Å². The highest BCUT2D eigenvalue weighted by atomic mass is 32.2. The molecule has 2 aromatic heterocycles. The van der Waals surface area contributed by atoms with Gasteiger partial charge in [0.25, 0.3) is 0 Å². The van der Waals surface area contributed by atoms with Crippen molar-refractivity contribution in [2.75, 3.05) is 32.1 Å². The van der Waals surface area contributed by atoms with Crippen molar-refractivity contribution in [2.24, 2.45) is 0 Å². The average molecular weight is 462 g/mol. The van der Waals surface area contributed by atoms with Gasteiger partial charge in [-0.2, -0.15) is 0 Å². The lowest BCUT2D eigenvalue weighted by Crippen LogP contribution is -2.24. The lowest BCUT2D eigenvalue weighted by Gasteiger charge is -2.22. The first-order chi connectivity index (χ1) is 14.9. The number of thiophene rings is 1. The highest BCUT2D eigenvalue weighted by Gasteiger charge is 2.25. The zero-order valence-electron chi connectivity index (χ0n) is 17.3. The van der Waals surface area contributed by atoms with Crippen molar-refractivity contribution in [2.45, 2.75) is 24.3 Å². The number of ether oxygens (including phenoxy) is 1. The van der Waals surface area contributed by atoms with Crippen molar-refractivity contribution in [1.82, 2.24) is 9.46 Å². The van der Waals surface area contributed by atoms with Gasteiger partial charge < -0.3 is 14.2 Å². The number of rotatable bonds is 7. The third-order valence-electron chi connectivity index (χ3n) is 5.09. The molecule has 0 aliphatic carbocycles. The summed E-state index contributed by atoms with van der Waals surface area (Å²) in [6.45, 7) is 1.55. The van der Waals surface area contributed by atoms with E-state index >= 15 is 0 Å². The van der Waals surface area contributed by atoms with E-state index in [0.29, 0.717) is 17.1 Å². The van der Waals surface area contributed by atoms with Gasteiger partial charge in [-0.15, -0.1) is 11.3 Å². The summed E-state index contributed by atoms with van der Waals surface area (Å²) in [7, 11) is -0.770. The van der Waals surface area contributed by atoms with Gasteiger partial charge in [-0.3, -0.25) is 0 Å². The SMILES string of the molecule is CN(C)S(=O)(=O)c1ccc(N2CCCC2)c(C(=O)OCc2cc(-c3cccs3)on2)c1. The van der Waals surface area contributed by atoms with E-state index in [1.807, 2.05) is 17.5 Å². The quantitative estimate of drug-likeness (QED) is 0.496. The van der Waals surface area contributed by atoms with Gasteiger partial charge in [0.05, 0.1) is 21.0 Å². The lowest BCUT2D eigenvalue weighted by molar-refractivity contribution is 0.0465. The summed E-state index contributed by atoms with van der Waals surface area (Å²) in [5, 5.41) is 5.90. The Labute approximate surface area is 185 Å². The van der Waals surface area contributed by atoms with Crippen LogP contribution in [0.3, 0.4) is 0 Å². The second-order valence-electron chi connectivity index (χ2n) is 7.40. The predicted molar refractivity (Wildman–Crippen MR) is 118 cm³/mol. The first-order valence-electron chi connectivity index (χ1n) is 9.84. The van der Waals surface area contributed by atoms with Crippen molar-refractivity contribution >= 4 is 33.0 Å². The molecule has 164 valence electrons. The summed E-state index contributed by atoms with van der Waals surface area (Å²) < 4.78 is 37.1. The lowest BCUT2D eigenvalue weighted by atomic mass is 10.1. The van der Waals surface area contributed by atoms with Gasteiger partial charge in [-0.1, -0.05) is 11.2 Å². The number of hydrogen-bond acceptors (Lipinski definition) is 8. The van der Waals surface area contributed by atoms with Crippen LogP contribution < -0.4 is 4.90 Å². The fraction of sp³-hybridized carbons (Fsp3) is 0.333. The molecule has 10 heteroatoms. The molecule has 1 aliphatic heterocycles. The highest BCUT2D eigenvalue weighted by molar-refractivity contribution is 7.89. The first-order valence-corrected chi connectivity index (χ1v) is 12.2. The molecule has 1 aromatic carbocycles. The molecule has 0 spiro atoms. The van der Waals surface area contributed by atoms with Crippen LogP contribution in [0.15, 0.2) is 51.2 Å². The maximum atomic E-state index is 13.0. The number of sulfonamides is 1. The van der Waals surface area contributed by atoms with Gasteiger partial charge in [0.1, 0.15) is 12.3 Å². The van der Waals surface area contributed by atoms with E-state index in [4.69, 9.17) is 9.26 Å². The smallest absolute Gasteiger partial charge is 0.340 e. The zero-order valence-corrected chi connectivity index (χ0v) is 18.9.